The predicted octanol–water partition coefficient (Wildman–Crippen LogP) is 7.32. The summed E-state index contributed by atoms with van der Waals surface area (Å²) in [5, 5.41) is 0. The highest BCUT2D eigenvalue weighted by molar-refractivity contribution is 5.93. The van der Waals surface area contributed by atoms with Crippen LogP contribution in [0.25, 0.3) is 0 Å². The van der Waals surface area contributed by atoms with Crippen LogP contribution in [0.1, 0.15) is 62.8 Å². The lowest BCUT2D eigenvalue weighted by Crippen LogP contribution is -2.57. The lowest BCUT2D eigenvalue weighted by molar-refractivity contribution is 0.139. The topological polar surface area (TPSA) is 72.9 Å². The number of aromatic nitrogens is 2. The van der Waals surface area contributed by atoms with Crippen molar-refractivity contribution in [1.82, 2.24) is 19.8 Å². The molecule has 8 nitrogen and oxygen atoms in total. The number of nitrogens with zero attached hydrogens (tertiary/aromatic N) is 6. The minimum absolute atomic E-state index is 0.0101. The molecule has 2 aliphatic rings. The zero-order valence-electron chi connectivity index (χ0n) is 29.2. The number of amides is 4. The average molecular weight is 675 g/mol. The fraction of sp³-hybridized carbons (Fsp3) is 0.300. The Morgan fingerprint density at radius 2 is 1.10 bits per heavy atom. The van der Waals surface area contributed by atoms with E-state index in [0.717, 1.165) is 42.2 Å². The second-order valence-corrected chi connectivity index (χ2v) is 13.4. The third-order valence-corrected chi connectivity index (χ3v) is 9.19. The lowest BCUT2D eigenvalue weighted by Gasteiger charge is -2.44. The van der Waals surface area contributed by atoms with Crippen molar-refractivity contribution < 1.29 is 18.4 Å². The Balaban J connectivity index is 0.000000195. The Kier molecular flexibility index (Phi) is 10.5. The van der Waals surface area contributed by atoms with Crippen LogP contribution in [0.2, 0.25) is 0 Å². The van der Waals surface area contributed by atoms with Gasteiger partial charge in [-0.3, -0.25) is 9.80 Å². The van der Waals surface area contributed by atoms with Gasteiger partial charge in [0.25, 0.3) is 0 Å². The van der Waals surface area contributed by atoms with E-state index >= 15 is 0 Å². The second-order valence-electron chi connectivity index (χ2n) is 13.4. The zero-order chi connectivity index (χ0) is 36.1. The average Bonchev–Trinajstić information content (AvgIpc) is 3.11. The minimum atomic E-state index is -0.576. The molecule has 0 N–H and O–H groups in total. The quantitative estimate of drug-likeness (QED) is 0.209. The number of urea groups is 2. The van der Waals surface area contributed by atoms with E-state index in [1.807, 2.05) is 63.4 Å². The summed E-state index contributed by atoms with van der Waals surface area (Å²) in [4.78, 5) is 40.6. The molecule has 0 saturated carbocycles. The Morgan fingerprint density at radius 3 is 1.58 bits per heavy atom. The molecule has 2 aromatic carbocycles. The largest absolute Gasteiger partial charge is 0.325 e. The van der Waals surface area contributed by atoms with E-state index in [-0.39, 0.29) is 28.7 Å². The third-order valence-electron chi connectivity index (χ3n) is 9.19. The molecule has 4 heterocycles. The molecule has 0 radical (unpaired) electrons. The maximum Gasteiger partial charge on any atom is 0.325 e. The Labute approximate surface area is 292 Å². The molecule has 4 amide bonds. The Hall–Kier alpha value is -5.74. The van der Waals surface area contributed by atoms with Gasteiger partial charge in [-0.25, -0.2) is 28.3 Å². The van der Waals surface area contributed by atoms with Crippen LogP contribution in [-0.2, 0) is 0 Å². The normalized spacial score (nSPS) is 16.4. The molecule has 6 rings (SSSR count). The fourth-order valence-electron chi connectivity index (χ4n) is 5.24. The van der Waals surface area contributed by atoms with Gasteiger partial charge in [0.15, 0.2) is 0 Å². The summed E-state index contributed by atoms with van der Waals surface area (Å²) in [6.07, 6.45) is 4.98. The van der Waals surface area contributed by atoms with Crippen molar-refractivity contribution in [3.63, 3.8) is 0 Å². The van der Waals surface area contributed by atoms with Crippen LogP contribution < -0.4 is 9.80 Å². The van der Waals surface area contributed by atoms with Crippen LogP contribution in [0.15, 0.2) is 85.2 Å². The monoisotopic (exact) mass is 674 g/mol. The van der Waals surface area contributed by atoms with Crippen LogP contribution in [-0.4, -0.2) is 70.1 Å². The van der Waals surface area contributed by atoms with Gasteiger partial charge >= 0.3 is 12.1 Å². The number of hydrogen-bond acceptors (Lipinski definition) is 4. The molecular formula is C40H40F2N6O2. The molecule has 2 fully saturated rings. The number of pyridine rings is 2. The van der Waals surface area contributed by atoms with Gasteiger partial charge < -0.3 is 9.80 Å². The van der Waals surface area contributed by atoms with E-state index in [9.17, 15) is 18.4 Å². The summed E-state index contributed by atoms with van der Waals surface area (Å²) < 4.78 is 26.8. The van der Waals surface area contributed by atoms with Crippen LogP contribution in [0.3, 0.4) is 0 Å². The smallest absolute Gasteiger partial charge is 0.322 e. The number of rotatable bonds is 2. The third kappa shape index (κ3) is 8.27. The van der Waals surface area contributed by atoms with Gasteiger partial charge in [0, 0.05) is 67.3 Å². The number of carbonyl (C=O) groups is 2. The molecule has 0 spiro atoms. The summed E-state index contributed by atoms with van der Waals surface area (Å²) >= 11 is 0. The van der Waals surface area contributed by atoms with E-state index in [0.29, 0.717) is 30.3 Å². The van der Waals surface area contributed by atoms with Crippen molar-refractivity contribution in [2.24, 2.45) is 0 Å². The molecule has 0 aliphatic carbocycles. The van der Waals surface area contributed by atoms with Gasteiger partial charge in [-0.05, 0) is 95.1 Å². The SMILES string of the molecule is CN1C(=O)N(c2ccc(C#Cc3cc(F)ccc3F)cn2)CCC1(C)C.CN1C(=O)N(c2ccc(C#Cc3ccccc3)cn2)CCC1(C)C. The lowest BCUT2D eigenvalue weighted by atomic mass is 9.96. The first-order chi connectivity index (χ1) is 23.7. The van der Waals surface area contributed by atoms with E-state index in [4.69, 9.17) is 0 Å². The molecule has 2 aliphatic heterocycles. The summed E-state index contributed by atoms with van der Waals surface area (Å²) in [5.41, 5.74) is 2.04. The molecule has 0 unspecified atom stereocenters. The Morgan fingerprint density at radius 1 is 0.620 bits per heavy atom. The predicted molar refractivity (Wildman–Crippen MR) is 192 cm³/mol. The number of halogens is 2. The molecule has 4 aromatic rings. The first-order valence-electron chi connectivity index (χ1n) is 16.3. The molecule has 10 heteroatoms. The van der Waals surface area contributed by atoms with Crippen molar-refractivity contribution in [3.05, 3.63) is 119 Å². The van der Waals surface area contributed by atoms with Crippen molar-refractivity contribution >= 4 is 23.7 Å². The van der Waals surface area contributed by atoms with Gasteiger partial charge in [0.05, 0.1) is 5.56 Å². The standard InChI is InChI=1S/C20H19F2N3O.C20H21N3O/c1-20(2)10-11-25(19(26)24(20)3)18-9-5-14(13-23-18)4-6-15-12-16(21)7-8-17(15)22;1-20(2)13-14-23(19(24)22(20)3)18-12-11-17(15-21-18)10-9-16-7-5-4-6-8-16/h5,7-9,12-13H,10-11H2,1-3H3;4-8,11-12,15H,13-14H2,1-3H3. The van der Waals surface area contributed by atoms with Crippen molar-refractivity contribution in [1.29, 1.82) is 0 Å². The number of benzene rings is 2. The molecule has 0 bridgehead atoms. The second kappa shape index (κ2) is 14.8. The first kappa shape index (κ1) is 35.6. The number of anilines is 2. The molecular weight excluding hydrogens is 634 g/mol. The number of carbonyl (C=O) groups excluding carboxylic acids is 2. The summed E-state index contributed by atoms with van der Waals surface area (Å²) in [6, 6.07) is 20.0. The molecule has 50 heavy (non-hydrogen) atoms. The highest BCUT2D eigenvalue weighted by Crippen LogP contribution is 2.28. The van der Waals surface area contributed by atoms with Crippen molar-refractivity contribution in [2.75, 3.05) is 37.0 Å². The maximum atomic E-state index is 13.6. The van der Waals surface area contributed by atoms with Crippen molar-refractivity contribution in [3.8, 4) is 23.7 Å². The van der Waals surface area contributed by atoms with Crippen LogP contribution in [0.5, 0.6) is 0 Å². The summed E-state index contributed by atoms with van der Waals surface area (Å²) in [5.74, 6) is 11.7. The minimum Gasteiger partial charge on any atom is -0.322 e. The van der Waals surface area contributed by atoms with Crippen LogP contribution in [0.4, 0.5) is 30.0 Å². The van der Waals surface area contributed by atoms with Gasteiger partial charge in [0.2, 0.25) is 0 Å². The summed E-state index contributed by atoms with van der Waals surface area (Å²) in [7, 11) is 3.62. The van der Waals surface area contributed by atoms with E-state index in [2.05, 4.69) is 47.5 Å². The first-order valence-corrected chi connectivity index (χ1v) is 16.3. The van der Waals surface area contributed by atoms with E-state index in [1.165, 1.54) is 6.20 Å². The van der Waals surface area contributed by atoms with Crippen LogP contribution >= 0.6 is 0 Å². The van der Waals surface area contributed by atoms with Gasteiger partial charge in [-0.1, -0.05) is 41.9 Å². The van der Waals surface area contributed by atoms with E-state index < -0.39 is 11.6 Å². The summed E-state index contributed by atoms with van der Waals surface area (Å²) in [6.45, 7) is 9.48. The van der Waals surface area contributed by atoms with Crippen molar-refractivity contribution in [2.45, 2.75) is 51.6 Å². The zero-order valence-corrected chi connectivity index (χ0v) is 29.2. The highest BCUT2D eigenvalue weighted by Gasteiger charge is 2.38. The van der Waals surface area contributed by atoms with Gasteiger partial charge in [-0.2, -0.15) is 0 Å². The molecule has 256 valence electrons. The number of hydrogen-bond donors (Lipinski definition) is 0. The fourth-order valence-corrected chi connectivity index (χ4v) is 5.24. The molecule has 2 saturated heterocycles. The highest BCUT2D eigenvalue weighted by atomic mass is 19.1. The van der Waals surface area contributed by atoms with E-state index in [1.54, 1.807) is 45.0 Å². The van der Waals surface area contributed by atoms with Gasteiger partial charge in [0.1, 0.15) is 23.3 Å². The molecule has 2 aromatic heterocycles. The maximum absolute atomic E-state index is 13.6. The van der Waals surface area contributed by atoms with Crippen LogP contribution in [0, 0.1) is 35.3 Å². The molecule has 0 atom stereocenters. The van der Waals surface area contributed by atoms with Gasteiger partial charge in [-0.15, -0.1) is 0 Å². The Bertz CT molecular complexity index is 1970.